The van der Waals surface area contributed by atoms with E-state index in [4.69, 9.17) is 4.98 Å². The summed E-state index contributed by atoms with van der Waals surface area (Å²) in [6.45, 7) is 4.89. The van der Waals surface area contributed by atoms with Gasteiger partial charge in [0.25, 0.3) is 5.91 Å². The quantitative estimate of drug-likeness (QED) is 0.570. The van der Waals surface area contributed by atoms with Gasteiger partial charge in [0.2, 0.25) is 0 Å². The summed E-state index contributed by atoms with van der Waals surface area (Å²) in [6.07, 6.45) is 1.69. The van der Waals surface area contributed by atoms with Gasteiger partial charge in [-0.25, -0.2) is 9.97 Å². The molecular formula is C20H18N4OS. The van der Waals surface area contributed by atoms with Crippen LogP contribution < -0.4 is 5.32 Å². The van der Waals surface area contributed by atoms with E-state index in [-0.39, 0.29) is 5.91 Å². The van der Waals surface area contributed by atoms with Crippen molar-refractivity contribution >= 4 is 34.1 Å². The molecule has 5 nitrogen and oxygen atoms in total. The normalized spacial score (nSPS) is 11.0. The molecule has 1 aromatic carbocycles. The number of aromatic nitrogens is 3. The summed E-state index contributed by atoms with van der Waals surface area (Å²) in [6, 6.07) is 15.6. The van der Waals surface area contributed by atoms with Crippen LogP contribution in [0.15, 0.2) is 54.7 Å². The van der Waals surface area contributed by atoms with Crippen molar-refractivity contribution in [3.05, 3.63) is 65.2 Å². The summed E-state index contributed by atoms with van der Waals surface area (Å²) < 4.78 is 2.17. The van der Waals surface area contributed by atoms with Crippen molar-refractivity contribution in [3.8, 4) is 10.7 Å². The summed E-state index contributed by atoms with van der Waals surface area (Å²) in [5.74, 6) is 1.30. The third-order valence-corrected chi connectivity index (χ3v) is 5.26. The van der Waals surface area contributed by atoms with Gasteiger partial charge in [0.15, 0.2) is 5.82 Å². The molecule has 0 aliphatic carbocycles. The van der Waals surface area contributed by atoms with Gasteiger partial charge < -0.3 is 9.88 Å². The lowest BCUT2D eigenvalue weighted by molar-refractivity contribution is 0.103. The standard InChI is InChI=1S/C20H18N4OS/c1-3-24-15-7-5-4-6-14(15)22-19(24)16-8-9-17(26-16)20(25)23-18-12-13(2)10-11-21-18/h4-12H,3H2,1-2H3,(H,21,23,25). The Morgan fingerprint density at radius 2 is 2.04 bits per heavy atom. The molecule has 0 saturated heterocycles. The monoisotopic (exact) mass is 362 g/mol. The number of aryl methyl sites for hydroxylation is 2. The molecule has 0 aliphatic heterocycles. The average Bonchev–Trinajstić information content (AvgIpc) is 3.26. The highest BCUT2D eigenvalue weighted by molar-refractivity contribution is 7.17. The number of carbonyl (C=O) groups excluding carboxylic acids is 1. The topological polar surface area (TPSA) is 59.8 Å². The Kier molecular flexibility index (Phi) is 4.26. The lowest BCUT2D eigenvalue weighted by Gasteiger charge is -2.04. The van der Waals surface area contributed by atoms with E-state index in [1.54, 1.807) is 6.20 Å². The second kappa shape index (κ2) is 6.72. The molecule has 0 spiro atoms. The third kappa shape index (κ3) is 2.99. The number of hydrogen-bond acceptors (Lipinski definition) is 4. The van der Waals surface area contributed by atoms with Crippen molar-refractivity contribution in [2.45, 2.75) is 20.4 Å². The number of pyridine rings is 1. The first kappa shape index (κ1) is 16.5. The first-order valence-corrected chi connectivity index (χ1v) is 9.27. The highest BCUT2D eigenvalue weighted by Crippen LogP contribution is 2.30. The van der Waals surface area contributed by atoms with E-state index in [9.17, 15) is 4.79 Å². The van der Waals surface area contributed by atoms with Gasteiger partial charge in [0.05, 0.1) is 20.8 Å². The molecule has 0 saturated carbocycles. The Hall–Kier alpha value is -2.99. The van der Waals surface area contributed by atoms with E-state index >= 15 is 0 Å². The number of hydrogen-bond donors (Lipinski definition) is 1. The van der Waals surface area contributed by atoms with Crippen molar-refractivity contribution in [1.82, 2.24) is 14.5 Å². The minimum absolute atomic E-state index is 0.154. The minimum Gasteiger partial charge on any atom is -0.324 e. The van der Waals surface area contributed by atoms with Gasteiger partial charge >= 0.3 is 0 Å². The fourth-order valence-electron chi connectivity index (χ4n) is 2.95. The number of rotatable bonds is 4. The molecule has 0 fully saturated rings. The minimum atomic E-state index is -0.154. The molecule has 130 valence electrons. The zero-order valence-corrected chi connectivity index (χ0v) is 15.4. The number of imidazole rings is 1. The van der Waals surface area contributed by atoms with Crippen LogP contribution in [0.4, 0.5) is 5.82 Å². The maximum atomic E-state index is 12.5. The van der Waals surface area contributed by atoms with E-state index in [0.717, 1.165) is 33.8 Å². The number of benzene rings is 1. The number of carbonyl (C=O) groups is 1. The van der Waals surface area contributed by atoms with E-state index in [1.165, 1.54) is 11.3 Å². The van der Waals surface area contributed by atoms with E-state index < -0.39 is 0 Å². The molecule has 4 rings (SSSR count). The maximum Gasteiger partial charge on any atom is 0.266 e. The molecule has 3 heterocycles. The van der Waals surface area contributed by atoms with E-state index in [2.05, 4.69) is 27.9 Å². The molecule has 26 heavy (non-hydrogen) atoms. The Balaban J connectivity index is 1.65. The summed E-state index contributed by atoms with van der Waals surface area (Å²) in [7, 11) is 0. The van der Waals surface area contributed by atoms with Crippen molar-refractivity contribution in [1.29, 1.82) is 0 Å². The van der Waals surface area contributed by atoms with Crippen LogP contribution in [0.25, 0.3) is 21.7 Å². The third-order valence-electron chi connectivity index (χ3n) is 4.18. The van der Waals surface area contributed by atoms with Crippen LogP contribution in [0, 0.1) is 6.92 Å². The highest BCUT2D eigenvalue weighted by atomic mass is 32.1. The van der Waals surface area contributed by atoms with Gasteiger partial charge in [-0.15, -0.1) is 11.3 Å². The molecule has 0 atom stereocenters. The van der Waals surface area contributed by atoms with E-state index in [0.29, 0.717) is 10.7 Å². The molecule has 3 aromatic heterocycles. The summed E-state index contributed by atoms with van der Waals surface area (Å²) in [5, 5.41) is 2.85. The van der Waals surface area contributed by atoms with E-state index in [1.807, 2.05) is 49.4 Å². The van der Waals surface area contributed by atoms with Gasteiger partial charge in [-0.3, -0.25) is 4.79 Å². The Morgan fingerprint density at radius 1 is 1.19 bits per heavy atom. The highest BCUT2D eigenvalue weighted by Gasteiger charge is 2.16. The lowest BCUT2D eigenvalue weighted by atomic mass is 10.3. The van der Waals surface area contributed by atoms with Gasteiger partial charge in [0, 0.05) is 12.7 Å². The lowest BCUT2D eigenvalue weighted by Crippen LogP contribution is -2.11. The first-order chi connectivity index (χ1) is 12.7. The van der Waals surface area contributed by atoms with Crippen molar-refractivity contribution in [2.75, 3.05) is 5.32 Å². The molecule has 6 heteroatoms. The maximum absolute atomic E-state index is 12.5. The molecule has 1 N–H and O–H groups in total. The number of anilines is 1. The number of nitrogens with zero attached hydrogens (tertiary/aromatic N) is 3. The van der Waals surface area contributed by atoms with Crippen LogP contribution in [-0.4, -0.2) is 20.4 Å². The van der Waals surface area contributed by atoms with Gasteiger partial charge in [0.1, 0.15) is 5.82 Å². The molecular weight excluding hydrogens is 344 g/mol. The van der Waals surface area contributed by atoms with Crippen LogP contribution in [-0.2, 0) is 6.54 Å². The van der Waals surface area contributed by atoms with Crippen LogP contribution >= 0.6 is 11.3 Å². The van der Waals surface area contributed by atoms with Crippen molar-refractivity contribution in [3.63, 3.8) is 0 Å². The fraction of sp³-hybridized carbons (Fsp3) is 0.150. The van der Waals surface area contributed by atoms with Crippen LogP contribution in [0.3, 0.4) is 0 Å². The van der Waals surface area contributed by atoms with Gasteiger partial charge in [-0.2, -0.15) is 0 Å². The Morgan fingerprint density at radius 3 is 2.85 bits per heavy atom. The number of thiophene rings is 1. The second-order valence-corrected chi connectivity index (χ2v) is 7.09. The number of fused-ring (bicyclic) bond motifs is 1. The smallest absolute Gasteiger partial charge is 0.266 e. The SMILES string of the molecule is CCn1c(-c2ccc(C(=O)Nc3cc(C)ccn3)s2)nc2ccccc21. The second-order valence-electron chi connectivity index (χ2n) is 6.00. The zero-order chi connectivity index (χ0) is 18.1. The summed E-state index contributed by atoms with van der Waals surface area (Å²) in [4.78, 5) is 23.1. The molecule has 0 radical (unpaired) electrons. The molecule has 0 aliphatic rings. The van der Waals surface area contributed by atoms with Crippen LogP contribution in [0.5, 0.6) is 0 Å². The van der Waals surface area contributed by atoms with Crippen molar-refractivity contribution < 1.29 is 4.79 Å². The number of amides is 1. The molecule has 1 amide bonds. The van der Waals surface area contributed by atoms with Gasteiger partial charge in [-0.1, -0.05) is 12.1 Å². The Bertz CT molecular complexity index is 1100. The summed E-state index contributed by atoms with van der Waals surface area (Å²) >= 11 is 1.44. The first-order valence-electron chi connectivity index (χ1n) is 8.45. The predicted octanol–water partition coefficient (Wildman–Crippen LogP) is 4.74. The number of nitrogens with one attached hydrogen (secondary N) is 1. The summed E-state index contributed by atoms with van der Waals surface area (Å²) in [5.41, 5.74) is 3.12. The van der Waals surface area contributed by atoms with Crippen molar-refractivity contribution in [2.24, 2.45) is 0 Å². The number of para-hydroxylation sites is 2. The predicted molar refractivity (Wildman–Crippen MR) is 106 cm³/mol. The van der Waals surface area contributed by atoms with Crippen LogP contribution in [0.1, 0.15) is 22.2 Å². The zero-order valence-electron chi connectivity index (χ0n) is 14.6. The largest absolute Gasteiger partial charge is 0.324 e. The van der Waals surface area contributed by atoms with Crippen LogP contribution in [0.2, 0.25) is 0 Å². The fourth-order valence-corrected chi connectivity index (χ4v) is 3.85. The van der Waals surface area contributed by atoms with Gasteiger partial charge in [-0.05, 0) is 55.8 Å². The molecule has 4 aromatic rings. The molecule has 0 bridgehead atoms. The molecule has 0 unspecified atom stereocenters. The average molecular weight is 362 g/mol. The Labute approximate surface area is 155 Å².